The van der Waals surface area contributed by atoms with Crippen LogP contribution in [0.4, 0.5) is 0 Å². The quantitative estimate of drug-likeness (QED) is 0.785. The van der Waals surface area contributed by atoms with Crippen molar-refractivity contribution in [1.29, 1.82) is 0 Å². The van der Waals surface area contributed by atoms with E-state index in [4.69, 9.17) is 9.47 Å². The molecule has 0 aromatic heterocycles. The number of ether oxygens (including phenoxy) is 2. The predicted octanol–water partition coefficient (Wildman–Crippen LogP) is 3.74. The maximum atomic E-state index is 5.67. The van der Waals surface area contributed by atoms with Crippen LogP contribution in [0.1, 0.15) is 32.8 Å². The fourth-order valence-electron chi connectivity index (χ4n) is 1.95. The first-order chi connectivity index (χ1) is 9.62. The van der Waals surface area contributed by atoms with E-state index < -0.39 is 0 Å². The number of hydrogen-bond acceptors (Lipinski definition) is 3. The average molecular weight is 277 g/mol. The molecule has 0 spiro atoms. The fourth-order valence-corrected chi connectivity index (χ4v) is 1.95. The van der Waals surface area contributed by atoms with Gasteiger partial charge < -0.3 is 14.8 Å². The minimum Gasteiger partial charge on any atom is -0.493 e. The largest absolute Gasteiger partial charge is 0.493 e. The number of benzene rings is 1. The van der Waals surface area contributed by atoms with E-state index in [2.05, 4.69) is 38.2 Å². The summed E-state index contributed by atoms with van der Waals surface area (Å²) >= 11 is 0. The van der Waals surface area contributed by atoms with Gasteiger partial charge in [0.25, 0.3) is 0 Å². The molecule has 0 bridgehead atoms. The van der Waals surface area contributed by atoms with Crippen molar-refractivity contribution in [2.24, 2.45) is 5.92 Å². The van der Waals surface area contributed by atoms with Crippen LogP contribution in [-0.2, 0) is 0 Å². The minimum absolute atomic E-state index is 0.518. The van der Waals surface area contributed by atoms with Gasteiger partial charge in [0, 0.05) is 6.54 Å². The molecule has 1 N–H and O–H groups in total. The van der Waals surface area contributed by atoms with Gasteiger partial charge in [-0.15, -0.1) is 0 Å². The van der Waals surface area contributed by atoms with Crippen molar-refractivity contribution in [3.8, 4) is 11.5 Å². The molecule has 0 radical (unpaired) electrons. The molecular weight excluding hydrogens is 250 g/mol. The smallest absolute Gasteiger partial charge is 0.161 e. The van der Waals surface area contributed by atoms with Gasteiger partial charge in [-0.2, -0.15) is 0 Å². The molecule has 3 nitrogen and oxygen atoms in total. The zero-order chi connectivity index (χ0) is 15.0. The Kier molecular flexibility index (Phi) is 7.16. The second kappa shape index (κ2) is 8.64. The van der Waals surface area contributed by atoms with E-state index in [-0.39, 0.29) is 0 Å². The first-order valence-electron chi connectivity index (χ1n) is 7.28. The highest BCUT2D eigenvalue weighted by Crippen LogP contribution is 2.29. The van der Waals surface area contributed by atoms with Gasteiger partial charge >= 0.3 is 0 Å². The van der Waals surface area contributed by atoms with Crippen molar-refractivity contribution >= 4 is 6.08 Å². The molecule has 0 saturated heterocycles. The summed E-state index contributed by atoms with van der Waals surface area (Å²) in [5.41, 5.74) is 2.52. The molecule has 1 aromatic rings. The molecule has 0 amide bonds. The van der Waals surface area contributed by atoms with Crippen molar-refractivity contribution in [1.82, 2.24) is 5.32 Å². The molecule has 0 atom stereocenters. The molecule has 1 aromatic carbocycles. The van der Waals surface area contributed by atoms with Crippen LogP contribution in [0.2, 0.25) is 0 Å². The monoisotopic (exact) mass is 277 g/mol. The number of rotatable bonds is 8. The van der Waals surface area contributed by atoms with Crippen molar-refractivity contribution in [3.05, 3.63) is 29.3 Å². The highest BCUT2D eigenvalue weighted by molar-refractivity contribution is 5.58. The predicted molar refractivity (Wildman–Crippen MR) is 85.5 cm³/mol. The highest BCUT2D eigenvalue weighted by atomic mass is 16.5. The van der Waals surface area contributed by atoms with Crippen LogP contribution < -0.4 is 14.8 Å². The first-order valence-corrected chi connectivity index (χ1v) is 7.28. The Morgan fingerprint density at radius 2 is 2.05 bits per heavy atom. The lowest BCUT2D eigenvalue weighted by atomic mass is 10.00. The summed E-state index contributed by atoms with van der Waals surface area (Å²) in [6.07, 6.45) is 3.21. The van der Waals surface area contributed by atoms with Gasteiger partial charge in [0.15, 0.2) is 11.5 Å². The maximum Gasteiger partial charge on any atom is 0.161 e. The summed E-state index contributed by atoms with van der Waals surface area (Å²) in [5, 5.41) is 3.21. The second-order valence-electron chi connectivity index (χ2n) is 5.16. The topological polar surface area (TPSA) is 30.5 Å². The van der Waals surface area contributed by atoms with E-state index in [1.165, 1.54) is 5.57 Å². The van der Waals surface area contributed by atoms with Crippen LogP contribution in [0.5, 0.6) is 11.5 Å². The molecule has 0 aliphatic carbocycles. The van der Waals surface area contributed by atoms with E-state index >= 15 is 0 Å². The molecule has 0 heterocycles. The molecule has 0 aliphatic heterocycles. The third-order valence-electron chi connectivity index (χ3n) is 3.12. The fraction of sp³-hybridized carbons (Fsp3) is 0.529. The zero-order valence-electron chi connectivity index (χ0n) is 13.3. The Morgan fingerprint density at radius 1 is 1.30 bits per heavy atom. The summed E-state index contributed by atoms with van der Waals surface area (Å²) in [7, 11) is 3.65. The molecule has 0 unspecified atom stereocenters. The molecule has 0 fully saturated rings. The summed E-state index contributed by atoms with van der Waals surface area (Å²) in [4.78, 5) is 0. The number of methoxy groups -OCH3 is 1. The molecule has 1 rings (SSSR count). The van der Waals surface area contributed by atoms with E-state index in [9.17, 15) is 0 Å². The second-order valence-corrected chi connectivity index (χ2v) is 5.16. The Balaban J connectivity index is 2.99. The third kappa shape index (κ3) is 4.89. The van der Waals surface area contributed by atoms with Crippen molar-refractivity contribution in [2.45, 2.75) is 27.2 Å². The zero-order valence-corrected chi connectivity index (χ0v) is 13.3. The van der Waals surface area contributed by atoms with Crippen LogP contribution in [0.3, 0.4) is 0 Å². The van der Waals surface area contributed by atoms with Crippen molar-refractivity contribution in [3.63, 3.8) is 0 Å². The minimum atomic E-state index is 0.518. The Hall–Kier alpha value is -1.48. The Bertz CT molecular complexity index is 439. The van der Waals surface area contributed by atoms with Crippen LogP contribution in [0, 0.1) is 5.92 Å². The van der Waals surface area contributed by atoms with Crippen LogP contribution in [0.15, 0.2) is 23.8 Å². The Morgan fingerprint density at radius 3 is 2.60 bits per heavy atom. The normalized spacial score (nSPS) is 11.8. The van der Waals surface area contributed by atoms with E-state index in [0.717, 1.165) is 30.0 Å². The van der Waals surface area contributed by atoms with Crippen LogP contribution in [-0.4, -0.2) is 27.3 Å². The number of nitrogens with one attached hydrogen (secondary N) is 1. The van der Waals surface area contributed by atoms with Crippen molar-refractivity contribution < 1.29 is 9.47 Å². The summed E-state index contributed by atoms with van der Waals surface area (Å²) in [6, 6.07) is 6.09. The lowest BCUT2D eigenvalue weighted by Gasteiger charge is -2.13. The molecule has 112 valence electrons. The van der Waals surface area contributed by atoms with Gasteiger partial charge in [-0.25, -0.2) is 0 Å². The van der Waals surface area contributed by atoms with Crippen LogP contribution in [0.25, 0.3) is 6.08 Å². The van der Waals surface area contributed by atoms with E-state index in [0.29, 0.717) is 12.5 Å². The highest BCUT2D eigenvalue weighted by Gasteiger charge is 2.07. The van der Waals surface area contributed by atoms with Gasteiger partial charge in [-0.3, -0.25) is 0 Å². The van der Waals surface area contributed by atoms with Gasteiger partial charge in [0.05, 0.1) is 13.7 Å². The molecule has 20 heavy (non-hydrogen) atoms. The van der Waals surface area contributed by atoms with Crippen LogP contribution >= 0.6 is 0 Å². The SMILES string of the molecule is CCCOc1ccc(C=C(CNC)C(C)C)cc1OC. The molecular formula is C17H27NO2. The molecule has 0 saturated carbocycles. The lowest BCUT2D eigenvalue weighted by Crippen LogP contribution is -2.13. The summed E-state index contributed by atoms with van der Waals surface area (Å²) < 4.78 is 11.1. The van der Waals surface area contributed by atoms with Gasteiger partial charge in [0.1, 0.15) is 0 Å². The number of likely N-dealkylation sites (N-methyl/N-ethyl adjacent to an activating group) is 1. The Labute approximate surface area is 123 Å². The molecule has 0 aliphatic rings. The average Bonchev–Trinajstić information content (AvgIpc) is 2.45. The van der Waals surface area contributed by atoms with Gasteiger partial charge in [0.2, 0.25) is 0 Å². The van der Waals surface area contributed by atoms with Gasteiger partial charge in [-0.1, -0.05) is 38.5 Å². The lowest BCUT2D eigenvalue weighted by molar-refractivity contribution is 0.294. The van der Waals surface area contributed by atoms with E-state index in [1.54, 1.807) is 7.11 Å². The standard InChI is InChI=1S/C17H27NO2/c1-6-9-20-16-8-7-14(11-17(16)19-5)10-15(12-18-4)13(2)3/h7-8,10-11,13,18H,6,9,12H2,1-5H3. The first kappa shape index (κ1) is 16.6. The van der Waals surface area contributed by atoms with Gasteiger partial charge in [-0.05, 0) is 37.1 Å². The van der Waals surface area contributed by atoms with E-state index in [1.807, 2.05) is 19.2 Å². The maximum absolute atomic E-state index is 5.67. The number of hydrogen-bond donors (Lipinski definition) is 1. The third-order valence-corrected chi connectivity index (χ3v) is 3.12. The van der Waals surface area contributed by atoms with Crippen molar-refractivity contribution in [2.75, 3.05) is 27.3 Å². The summed E-state index contributed by atoms with van der Waals surface area (Å²) in [6.45, 7) is 8.12. The summed E-state index contributed by atoms with van der Waals surface area (Å²) in [5.74, 6) is 2.12. The molecule has 3 heteroatoms.